The zero-order valence-corrected chi connectivity index (χ0v) is 13.0. The molecule has 1 aliphatic rings. The first-order chi connectivity index (χ1) is 10.4. The summed E-state index contributed by atoms with van der Waals surface area (Å²) in [5.74, 6) is 0.152. The van der Waals surface area contributed by atoms with Crippen LogP contribution in [0.3, 0.4) is 0 Å². The summed E-state index contributed by atoms with van der Waals surface area (Å²) < 4.78 is 0. The van der Waals surface area contributed by atoms with Gasteiger partial charge < -0.3 is 10.0 Å². The normalized spacial score (nSPS) is 21.4. The maximum atomic E-state index is 12.6. The molecule has 22 heavy (non-hydrogen) atoms. The fourth-order valence-corrected chi connectivity index (χ4v) is 3.08. The standard InChI is InChI=1S/C16H22N2O4/c1-11-7-13(9-15(8-11)18(21)22)16(20)17(2)14-5-3-12(10-19)4-6-14/h7-9,12,14,19H,3-6,10H2,1-2H3. The zero-order chi connectivity index (χ0) is 16.3. The highest BCUT2D eigenvalue weighted by Gasteiger charge is 2.27. The summed E-state index contributed by atoms with van der Waals surface area (Å²) >= 11 is 0. The van der Waals surface area contributed by atoms with Crippen molar-refractivity contribution >= 4 is 11.6 Å². The van der Waals surface area contributed by atoms with Crippen molar-refractivity contribution in [2.45, 2.75) is 38.6 Å². The van der Waals surface area contributed by atoms with E-state index in [1.54, 1.807) is 24.9 Å². The van der Waals surface area contributed by atoms with Crippen LogP contribution >= 0.6 is 0 Å². The van der Waals surface area contributed by atoms with E-state index in [4.69, 9.17) is 0 Å². The van der Waals surface area contributed by atoms with Gasteiger partial charge in [-0.3, -0.25) is 14.9 Å². The third-order valence-electron chi connectivity index (χ3n) is 4.46. The van der Waals surface area contributed by atoms with E-state index in [2.05, 4.69) is 0 Å². The summed E-state index contributed by atoms with van der Waals surface area (Å²) in [6.07, 6.45) is 3.54. The molecule has 0 saturated heterocycles. The smallest absolute Gasteiger partial charge is 0.270 e. The minimum absolute atomic E-state index is 0.0549. The van der Waals surface area contributed by atoms with Crippen LogP contribution in [0.5, 0.6) is 0 Å². The number of rotatable bonds is 4. The van der Waals surface area contributed by atoms with Crippen LogP contribution in [0.1, 0.15) is 41.6 Å². The lowest BCUT2D eigenvalue weighted by Gasteiger charge is -2.34. The summed E-state index contributed by atoms with van der Waals surface area (Å²) in [7, 11) is 1.75. The molecule has 1 N–H and O–H groups in total. The van der Waals surface area contributed by atoms with Gasteiger partial charge in [0.25, 0.3) is 11.6 Å². The molecule has 0 heterocycles. The first-order valence-corrected chi connectivity index (χ1v) is 7.56. The highest BCUT2D eigenvalue weighted by Crippen LogP contribution is 2.28. The summed E-state index contributed by atoms with van der Waals surface area (Å²) in [5, 5.41) is 20.1. The number of aryl methyl sites for hydroxylation is 1. The van der Waals surface area contributed by atoms with Crippen molar-refractivity contribution in [1.29, 1.82) is 0 Å². The molecule has 0 atom stereocenters. The number of non-ortho nitro benzene ring substituents is 1. The van der Waals surface area contributed by atoms with Crippen molar-refractivity contribution in [2.75, 3.05) is 13.7 Å². The van der Waals surface area contributed by atoms with Crippen molar-refractivity contribution < 1.29 is 14.8 Å². The minimum atomic E-state index is -0.476. The summed E-state index contributed by atoms with van der Waals surface area (Å²) in [6, 6.07) is 4.62. The molecule has 6 heteroatoms. The molecule has 0 radical (unpaired) electrons. The number of aliphatic hydroxyl groups excluding tert-OH is 1. The van der Waals surface area contributed by atoms with E-state index < -0.39 is 4.92 Å². The van der Waals surface area contributed by atoms with Gasteiger partial charge in [-0.15, -0.1) is 0 Å². The maximum Gasteiger partial charge on any atom is 0.270 e. The highest BCUT2D eigenvalue weighted by molar-refractivity contribution is 5.95. The van der Waals surface area contributed by atoms with E-state index in [1.165, 1.54) is 12.1 Å². The average molecular weight is 306 g/mol. The van der Waals surface area contributed by atoms with Crippen molar-refractivity contribution in [1.82, 2.24) is 4.90 Å². The monoisotopic (exact) mass is 306 g/mol. The Bertz CT molecular complexity index is 565. The molecular weight excluding hydrogens is 284 g/mol. The molecule has 1 aliphatic carbocycles. The van der Waals surface area contributed by atoms with Crippen molar-refractivity contribution in [2.24, 2.45) is 5.92 Å². The van der Waals surface area contributed by atoms with Gasteiger partial charge in [0.1, 0.15) is 0 Å². The number of nitro groups is 1. The van der Waals surface area contributed by atoms with E-state index in [0.717, 1.165) is 25.7 Å². The van der Waals surface area contributed by atoms with E-state index in [-0.39, 0.29) is 24.2 Å². The molecule has 120 valence electrons. The Morgan fingerprint density at radius 3 is 2.50 bits per heavy atom. The van der Waals surface area contributed by atoms with Crippen LogP contribution in [-0.2, 0) is 0 Å². The average Bonchev–Trinajstić information content (AvgIpc) is 2.53. The Balaban J connectivity index is 2.12. The lowest BCUT2D eigenvalue weighted by molar-refractivity contribution is -0.384. The molecule has 1 amide bonds. The summed E-state index contributed by atoms with van der Waals surface area (Å²) in [5.41, 5.74) is 1.01. The minimum Gasteiger partial charge on any atom is -0.396 e. The SMILES string of the molecule is Cc1cc(C(=O)N(C)C2CCC(CO)CC2)cc([N+](=O)[O-])c1. The molecule has 2 rings (SSSR count). The van der Waals surface area contributed by atoms with Gasteiger partial charge in [0, 0.05) is 37.4 Å². The molecule has 1 fully saturated rings. The fraction of sp³-hybridized carbons (Fsp3) is 0.562. The number of amides is 1. The largest absolute Gasteiger partial charge is 0.396 e. The second-order valence-corrected chi connectivity index (χ2v) is 6.09. The molecule has 0 spiro atoms. The first kappa shape index (κ1) is 16.4. The Labute approximate surface area is 129 Å². The van der Waals surface area contributed by atoms with Crippen molar-refractivity contribution in [3.63, 3.8) is 0 Å². The Morgan fingerprint density at radius 1 is 1.32 bits per heavy atom. The molecule has 1 aromatic rings. The number of hydrogen-bond donors (Lipinski definition) is 1. The number of aliphatic hydroxyl groups is 1. The maximum absolute atomic E-state index is 12.6. The van der Waals surface area contributed by atoms with E-state index in [0.29, 0.717) is 17.0 Å². The van der Waals surface area contributed by atoms with Gasteiger partial charge in [0.2, 0.25) is 0 Å². The lowest BCUT2D eigenvalue weighted by atomic mass is 9.86. The zero-order valence-electron chi connectivity index (χ0n) is 13.0. The second kappa shape index (κ2) is 6.87. The quantitative estimate of drug-likeness (QED) is 0.684. The van der Waals surface area contributed by atoms with E-state index in [1.807, 2.05) is 0 Å². The number of benzene rings is 1. The predicted octanol–water partition coefficient (Wildman–Crippen LogP) is 2.53. The van der Waals surface area contributed by atoms with Gasteiger partial charge in [-0.25, -0.2) is 0 Å². The molecule has 1 aromatic carbocycles. The third kappa shape index (κ3) is 3.62. The van der Waals surface area contributed by atoms with Gasteiger partial charge >= 0.3 is 0 Å². The number of carbonyl (C=O) groups is 1. The fourth-order valence-electron chi connectivity index (χ4n) is 3.08. The van der Waals surface area contributed by atoms with Crippen LogP contribution in [0, 0.1) is 23.0 Å². The molecular formula is C16H22N2O4. The molecule has 0 aromatic heterocycles. The molecule has 0 aliphatic heterocycles. The van der Waals surface area contributed by atoms with E-state index in [9.17, 15) is 20.0 Å². The lowest BCUT2D eigenvalue weighted by Crippen LogP contribution is -2.39. The van der Waals surface area contributed by atoms with Crippen LogP contribution in [0.2, 0.25) is 0 Å². The second-order valence-electron chi connectivity index (χ2n) is 6.09. The van der Waals surface area contributed by atoms with Crippen LogP contribution in [0.15, 0.2) is 18.2 Å². The van der Waals surface area contributed by atoms with Gasteiger partial charge in [0.15, 0.2) is 0 Å². The Kier molecular flexibility index (Phi) is 5.13. The molecule has 0 bridgehead atoms. The molecule has 6 nitrogen and oxygen atoms in total. The van der Waals surface area contributed by atoms with Crippen LogP contribution in [0.4, 0.5) is 5.69 Å². The van der Waals surface area contributed by atoms with Crippen molar-refractivity contribution in [3.05, 3.63) is 39.4 Å². The highest BCUT2D eigenvalue weighted by atomic mass is 16.6. The van der Waals surface area contributed by atoms with Gasteiger partial charge in [-0.05, 0) is 50.2 Å². The summed E-state index contributed by atoms with van der Waals surface area (Å²) in [4.78, 5) is 24.7. The molecule has 1 saturated carbocycles. The Hall–Kier alpha value is -1.95. The van der Waals surface area contributed by atoms with Crippen LogP contribution in [-0.4, -0.2) is 40.5 Å². The van der Waals surface area contributed by atoms with Crippen LogP contribution < -0.4 is 0 Å². The number of nitro benzene ring substituents is 1. The molecule has 0 unspecified atom stereocenters. The topological polar surface area (TPSA) is 83.7 Å². The van der Waals surface area contributed by atoms with Gasteiger partial charge in [-0.2, -0.15) is 0 Å². The predicted molar refractivity (Wildman–Crippen MR) is 82.8 cm³/mol. The Morgan fingerprint density at radius 2 is 1.95 bits per heavy atom. The number of carbonyl (C=O) groups excluding carboxylic acids is 1. The van der Waals surface area contributed by atoms with Gasteiger partial charge in [-0.1, -0.05) is 0 Å². The van der Waals surface area contributed by atoms with Gasteiger partial charge in [0.05, 0.1) is 4.92 Å². The van der Waals surface area contributed by atoms with Crippen molar-refractivity contribution in [3.8, 4) is 0 Å². The number of nitrogens with zero attached hydrogens (tertiary/aromatic N) is 2. The van der Waals surface area contributed by atoms with Crippen LogP contribution in [0.25, 0.3) is 0 Å². The summed E-state index contributed by atoms with van der Waals surface area (Å²) in [6.45, 7) is 1.95. The third-order valence-corrected chi connectivity index (χ3v) is 4.46. The first-order valence-electron chi connectivity index (χ1n) is 7.56. The number of hydrogen-bond acceptors (Lipinski definition) is 4. The van der Waals surface area contributed by atoms with E-state index >= 15 is 0 Å².